The molecule has 10 atom stereocenters. The molecule has 0 radical (unpaired) electrons. The van der Waals surface area contributed by atoms with Crippen LogP contribution in [0.1, 0.15) is 82.2 Å². The molecular formula is C60H86N18O15. The molecule has 0 aliphatic rings. The number of phenolic OH excluding ortho intramolecular Hbond substituents is 3. The zero-order valence-corrected chi connectivity index (χ0v) is 52.0. The number of guanidine groups is 2. The number of aromatic nitrogens is 2. The second kappa shape index (κ2) is 37.6. The summed E-state index contributed by atoms with van der Waals surface area (Å²) in [6.07, 6.45) is 1.86. The number of aliphatic imine (C=N–C) groups is 2. The van der Waals surface area contributed by atoms with Gasteiger partial charge in [-0.05, 0) is 105 Å². The maximum Gasteiger partial charge on any atom is 0.326 e. The second-order valence-electron chi connectivity index (χ2n) is 22.4. The Balaban J connectivity index is 1.55. The number of phenols is 3. The molecule has 0 aliphatic heterocycles. The van der Waals surface area contributed by atoms with Crippen LogP contribution in [0, 0.1) is 5.92 Å². The van der Waals surface area contributed by atoms with Crippen molar-refractivity contribution in [2.45, 2.75) is 146 Å². The first kappa shape index (κ1) is 74.9. The number of amides is 9. The molecule has 0 unspecified atom stereocenters. The van der Waals surface area contributed by atoms with Crippen molar-refractivity contribution >= 4 is 71.1 Å². The molecule has 1 aromatic heterocycles. The van der Waals surface area contributed by atoms with E-state index in [1.165, 1.54) is 99.2 Å². The Bertz CT molecular complexity index is 3200. The highest BCUT2D eigenvalue weighted by molar-refractivity contribution is 5.98. The number of carbonyl (C=O) groups is 10. The normalized spacial score (nSPS) is 14.2. The van der Waals surface area contributed by atoms with Crippen molar-refractivity contribution in [3.63, 3.8) is 0 Å². The number of aromatic hydroxyl groups is 3. The molecule has 0 fully saturated rings. The van der Waals surface area contributed by atoms with Gasteiger partial charge in [-0.25, -0.2) is 9.78 Å². The van der Waals surface area contributed by atoms with Gasteiger partial charge in [0.1, 0.15) is 71.6 Å². The molecule has 93 heavy (non-hydrogen) atoms. The number of carboxylic acid groups (broad SMARTS) is 1. The van der Waals surface area contributed by atoms with Crippen LogP contribution in [0.15, 0.2) is 95.3 Å². The summed E-state index contributed by atoms with van der Waals surface area (Å²) in [6.45, 7) is 5.13. The Kier molecular flexibility index (Phi) is 30.2. The van der Waals surface area contributed by atoms with Crippen LogP contribution < -0.4 is 76.5 Å². The van der Waals surface area contributed by atoms with E-state index in [1.54, 1.807) is 13.8 Å². The van der Waals surface area contributed by atoms with Crippen LogP contribution in [0.3, 0.4) is 0 Å². The number of aliphatic hydroxyl groups excluding tert-OH is 1. The van der Waals surface area contributed by atoms with Crippen LogP contribution in [0.5, 0.6) is 17.2 Å². The third-order valence-corrected chi connectivity index (χ3v) is 14.1. The average molecular weight is 1300 g/mol. The molecule has 0 aliphatic carbocycles. The molecule has 0 saturated heterocycles. The molecule has 0 saturated carbocycles. The number of H-pyrrole nitrogens is 1. The molecule has 0 spiro atoms. The highest BCUT2D eigenvalue weighted by atomic mass is 16.4. The Morgan fingerprint density at radius 1 is 0.462 bits per heavy atom. The van der Waals surface area contributed by atoms with E-state index in [0.717, 1.165) is 0 Å². The number of nitrogens with zero attached hydrogens (tertiary/aromatic N) is 3. The summed E-state index contributed by atoms with van der Waals surface area (Å²) in [4.78, 5) is 153. The Morgan fingerprint density at radius 3 is 1.18 bits per heavy atom. The minimum Gasteiger partial charge on any atom is -0.508 e. The van der Waals surface area contributed by atoms with Gasteiger partial charge in [0.25, 0.3) is 0 Å². The minimum absolute atomic E-state index is 0.00364. The molecule has 33 heteroatoms. The third kappa shape index (κ3) is 26.8. The van der Waals surface area contributed by atoms with Crippen LogP contribution in [0.4, 0.5) is 0 Å². The lowest BCUT2D eigenvalue weighted by atomic mass is 10.0. The first-order valence-electron chi connectivity index (χ1n) is 29.8. The van der Waals surface area contributed by atoms with Crippen LogP contribution >= 0.6 is 0 Å². The van der Waals surface area contributed by atoms with Crippen molar-refractivity contribution in [1.82, 2.24) is 57.8 Å². The van der Waals surface area contributed by atoms with Gasteiger partial charge in [-0.15, -0.1) is 0 Å². The smallest absolute Gasteiger partial charge is 0.326 e. The number of hydrogen-bond donors (Lipinski definition) is 20. The molecular weight excluding hydrogens is 1210 g/mol. The number of aromatic amines is 1. The van der Waals surface area contributed by atoms with E-state index in [-0.39, 0.29) is 106 Å². The quantitative estimate of drug-likeness (QED) is 0.0115. The fourth-order valence-electron chi connectivity index (χ4n) is 9.10. The SMILES string of the molecule is CC(C)C[C@H](NC(=O)[C@H](C)NC(=O)[C@H](CO)NC(=O)[C@H](Cc1ccc(O)cc1)NC(=O)[C@H](Cc1ccc(O)cc1)NC(=O)[C@H](CCCN=C(N)N)NC(=O)[C@H](C)N)C(=O)N[C@@H](CCCN=C(N)N)C(=O)N[C@@H](Cc1cnc[nH]1)C(=O)N[C@@H](Cc1ccc(O)cc1)C(=O)O. The number of imidazole rings is 1. The fraction of sp³-hybridized carbons (Fsp3) is 0.450. The number of hydrogen-bond acceptors (Lipinski definition) is 18. The Morgan fingerprint density at radius 2 is 0.806 bits per heavy atom. The van der Waals surface area contributed by atoms with E-state index in [1.807, 2.05) is 0 Å². The number of nitrogens with one attached hydrogen (secondary N) is 10. The maximum atomic E-state index is 14.5. The number of rotatable bonds is 38. The number of benzene rings is 3. The maximum absolute atomic E-state index is 14.5. The van der Waals surface area contributed by atoms with Crippen LogP contribution in [0.2, 0.25) is 0 Å². The topological polar surface area (TPSA) is 564 Å². The molecule has 9 amide bonds. The predicted molar refractivity (Wildman–Crippen MR) is 338 cm³/mol. The Hall–Kier alpha value is -10.6. The van der Waals surface area contributed by atoms with E-state index in [2.05, 4.69) is 67.8 Å². The van der Waals surface area contributed by atoms with Crippen molar-refractivity contribution in [2.24, 2.45) is 44.6 Å². The summed E-state index contributed by atoms with van der Waals surface area (Å²) >= 11 is 0. The Labute approximate surface area is 535 Å². The number of aliphatic carboxylic acids is 1. The average Bonchev–Trinajstić information content (AvgIpc) is 2.02. The first-order chi connectivity index (χ1) is 44.0. The van der Waals surface area contributed by atoms with E-state index in [9.17, 15) is 73.5 Å². The number of carbonyl (C=O) groups excluding carboxylic acids is 9. The van der Waals surface area contributed by atoms with Gasteiger partial charge in [-0.2, -0.15) is 0 Å². The van der Waals surface area contributed by atoms with Gasteiger partial charge in [0.15, 0.2) is 11.9 Å². The van der Waals surface area contributed by atoms with E-state index < -0.39 is 126 Å². The summed E-state index contributed by atoms with van der Waals surface area (Å²) in [5.74, 6) is -10.7. The number of carboxylic acids is 1. The minimum atomic E-state index is -1.80. The van der Waals surface area contributed by atoms with Gasteiger partial charge >= 0.3 is 5.97 Å². The lowest BCUT2D eigenvalue weighted by Crippen LogP contribution is -2.61. The highest BCUT2D eigenvalue weighted by Gasteiger charge is 2.36. The van der Waals surface area contributed by atoms with Crippen molar-refractivity contribution in [1.29, 1.82) is 0 Å². The number of aliphatic hydroxyl groups is 1. The first-order valence-corrected chi connectivity index (χ1v) is 29.8. The fourth-order valence-corrected chi connectivity index (χ4v) is 9.10. The van der Waals surface area contributed by atoms with Crippen LogP contribution in [-0.4, -0.2) is 187 Å². The van der Waals surface area contributed by atoms with Gasteiger partial charge in [-0.1, -0.05) is 50.2 Å². The zero-order chi connectivity index (χ0) is 68.9. The van der Waals surface area contributed by atoms with Gasteiger partial charge < -0.3 is 107 Å². The van der Waals surface area contributed by atoms with Crippen LogP contribution in [0.25, 0.3) is 0 Å². The largest absolute Gasteiger partial charge is 0.508 e. The monoisotopic (exact) mass is 1300 g/mol. The van der Waals surface area contributed by atoms with Crippen molar-refractivity contribution in [2.75, 3.05) is 19.7 Å². The molecule has 33 nitrogen and oxygen atoms in total. The summed E-state index contributed by atoms with van der Waals surface area (Å²) in [5, 5.41) is 73.2. The molecule has 0 bridgehead atoms. The van der Waals surface area contributed by atoms with Gasteiger partial charge in [0, 0.05) is 50.7 Å². The predicted octanol–water partition coefficient (Wildman–Crippen LogP) is -4.24. The summed E-state index contributed by atoms with van der Waals surface area (Å²) < 4.78 is 0. The summed E-state index contributed by atoms with van der Waals surface area (Å²) in [5.41, 5.74) is 29.4. The standard InChI is InChI=1S/C60H86N18O15/c1-31(2)23-43(53(87)72-42(8-6-22-68-60(64)65)52(86)76-46(27-37-28-66-30-69-37)56(90)77-47(58(92)93)26-36-13-19-40(82)20-14-36)73-50(84)33(4)70-57(91)48(29-79)78-55(89)45(25-35-11-17-39(81)18-12-35)75-54(88)44(24-34-9-15-38(80)16-10-34)74-51(85)41(71-49(83)32(3)61)7-5-21-67-59(62)63/h9-20,28,30-33,41-48,79-82H,5-8,21-27,29,61H2,1-4H3,(H,66,69)(H,70,91)(H,71,83)(H,72,87)(H,73,84)(H,74,85)(H,75,88)(H,76,86)(H,77,90)(H,78,89)(H,92,93)(H4,62,63,67)(H4,64,65,68)/t32-,33-,41-,42-,43-,44-,45-,46-,47-,48-/m0/s1. The van der Waals surface area contributed by atoms with Gasteiger partial charge in [0.05, 0.1) is 19.0 Å². The van der Waals surface area contributed by atoms with E-state index >= 15 is 0 Å². The lowest BCUT2D eigenvalue weighted by Gasteiger charge is -2.28. The van der Waals surface area contributed by atoms with Crippen molar-refractivity contribution in [3.05, 3.63) is 108 Å². The van der Waals surface area contributed by atoms with Gasteiger partial charge in [-0.3, -0.25) is 53.1 Å². The number of nitrogens with two attached hydrogens (primary N) is 5. The molecule has 4 rings (SSSR count). The zero-order valence-electron chi connectivity index (χ0n) is 52.0. The molecule has 4 aromatic rings. The second-order valence-corrected chi connectivity index (χ2v) is 22.4. The lowest BCUT2D eigenvalue weighted by molar-refractivity contribution is -0.142. The van der Waals surface area contributed by atoms with E-state index in [0.29, 0.717) is 22.4 Å². The van der Waals surface area contributed by atoms with E-state index in [4.69, 9.17) is 28.7 Å². The van der Waals surface area contributed by atoms with Gasteiger partial charge in [0.2, 0.25) is 53.2 Å². The molecule has 3 aromatic carbocycles. The van der Waals surface area contributed by atoms with Crippen LogP contribution in [-0.2, 0) is 73.6 Å². The summed E-state index contributed by atoms with van der Waals surface area (Å²) in [6, 6.07) is 2.37. The molecule has 506 valence electrons. The van der Waals surface area contributed by atoms with Crippen molar-refractivity contribution in [3.8, 4) is 17.2 Å². The summed E-state index contributed by atoms with van der Waals surface area (Å²) in [7, 11) is 0. The molecule has 25 N–H and O–H groups in total. The highest BCUT2D eigenvalue weighted by Crippen LogP contribution is 2.17. The molecule has 1 heterocycles. The third-order valence-electron chi connectivity index (χ3n) is 14.1. The van der Waals surface area contributed by atoms with Crippen molar-refractivity contribution < 1.29 is 73.5 Å².